The number of hydrogen-bond acceptors (Lipinski definition) is 5. The SMILES string of the molecule is Cn1ccc(NC(=O)Cc2nc(I)cnc2N)n1. The normalized spacial score (nSPS) is 10.3. The van der Waals surface area contributed by atoms with Crippen molar-refractivity contribution in [3.05, 3.63) is 27.9 Å². The Kier molecular flexibility index (Phi) is 3.75. The molecule has 3 N–H and O–H groups in total. The van der Waals surface area contributed by atoms with Crippen LogP contribution in [0, 0.1) is 3.70 Å². The molecule has 0 fully saturated rings. The zero-order valence-corrected chi connectivity index (χ0v) is 11.7. The molecule has 0 aliphatic carbocycles. The number of carbonyl (C=O) groups is 1. The van der Waals surface area contributed by atoms with Gasteiger partial charge in [-0.1, -0.05) is 0 Å². The number of nitrogens with zero attached hydrogens (tertiary/aromatic N) is 4. The minimum atomic E-state index is -0.225. The zero-order chi connectivity index (χ0) is 13.1. The van der Waals surface area contributed by atoms with Crippen LogP contribution in [0.1, 0.15) is 5.69 Å². The zero-order valence-electron chi connectivity index (χ0n) is 9.59. The van der Waals surface area contributed by atoms with Gasteiger partial charge in [0.25, 0.3) is 0 Å². The molecule has 8 heteroatoms. The summed E-state index contributed by atoms with van der Waals surface area (Å²) in [6, 6.07) is 1.71. The number of hydrogen-bond donors (Lipinski definition) is 2. The van der Waals surface area contributed by atoms with Crippen LogP contribution < -0.4 is 11.1 Å². The van der Waals surface area contributed by atoms with Gasteiger partial charge in [0.2, 0.25) is 5.91 Å². The van der Waals surface area contributed by atoms with Gasteiger partial charge in [-0.2, -0.15) is 5.10 Å². The van der Waals surface area contributed by atoms with Crippen molar-refractivity contribution >= 4 is 40.1 Å². The van der Waals surface area contributed by atoms with Gasteiger partial charge in [-0.15, -0.1) is 0 Å². The molecular weight excluding hydrogens is 347 g/mol. The number of aryl methyl sites for hydroxylation is 1. The van der Waals surface area contributed by atoms with Gasteiger partial charge in [0.05, 0.1) is 18.3 Å². The fraction of sp³-hybridized carbons (Fsp3) is 0.200. The van der Waals surface area contributed by atoms with Gasteiger partial charge >= 0.3 is 0 Å². The van der Waals surface area contributed by atoms with E-state index in [4.69, 9.17) is 5.73 Å². The van der Waals surface area contributed by atoms with E-state index in [1.54, 1.807) is 30.2 Å². The van der Waals surface area contributed by atoms with E-state index < -0.39 is 0 Å². The Morgan fingerprint density at radius 3 is 3.06 bits per heavy atom. The molecule has 2 aromatic rings. The van der Waals surface area contributed by atoms with E-state index in [-0.39, 0.29) is 18.1 Å². The molecule has 94 valence electrons. The van der Waals surface area contributed by atoms with Crippen molar-refractivity contribution in [2.75, 3.05) is 11.1 Å². The highest BCUT2D eigenvalue weighted by atomic mass is 127. The molecule has 2 rings (SSSR count). The van der Waals surface area contributed by atoms with Gasteiger partial charge in [0.1, 0.15) is 9.52 Å². The van der Waals surface area contributed by atoms with Crippen LogP contribution in [-0.2, 0) is 18.3 Å². The summed E-state index contributed by atoms with van der Waals surface area (Å²) in [4.78, 5) is 19.9. The van der Waals surface area contributed by atoms with Crippen LogP contribution in [0.4, 0.5) is 11.6 Å². The number of amides is 1. The van der Waals surface area contributed by atoms with Crippen LogP contribution in [0.3, 0.4) is 0 Å². The molecule has 18 heavy (non-hydrogen) atoms. The second kappa shape index (κ2) is 5.29. The lowest BCUT2D eigenvalue weighted by molar-refractivity contribution is -0.115. The van der Waals surface area contributed by atoms with E-state index in [9.17, 15) is 4.79 Å². The number of carbonyl (C=O) groups excluding carboxylic acids is 1. The Bertz CT molecular complexity index is 581. The molecule has 0 bridgehead atoms. The van der Waals surface area contributed by atoms with Crippen LogP contribution in [0.15, 0.2) is 18.5 Å². The van der Waals surface area contributed by atoms with E-state index in [2.05, 4.69) is 20.4 Å². The first-order valence-electron chi connectivity index (χ1n) is 5.11. The molecule has 0 radical (unpaired) electrons. The maximum atomic E-state index is 11.8. The first kappa shape index (κ1) is 12.7. The molecule has 2 heterocycles. The van der Waals surface area contributed by atoms with E-state index in [1.165, 1.54) is 0 Å². The Balaban J connectivity index is 2.05. The molecule has 0 unspecified atom stereocenters. The number of halogens is 1. The summed E-state index contributed by atoms with van der Waals surface area (Å²) in [5, 5.41) is 6.71. The predicted octanol–water partition coefficient (Wildman–Crippen LogP) is 0.578. The van der Waals surface area contributed by atoms with Crippen LogP contribution >= 0.6 is 22.6 Å². The second-order valence-electron chi connectivity index (χ2n) is 3.62. The highest BCUT2D eigenvalue weighted by Gasteiger charge is 2.10. The molecule has 0 aliphatic rings. The summed E-state index contributed by atoms with van der Waals surface area (Å²) >= 11 is 2.02. The quantitative estimate of drug-likeness (QED) is 0.782. The summed E-state index contributed by atoms with van der Waals surface area (Å²) in [7, 11) is 1.78. The second-order valence-corrected chi connectivity index (χ2v) is 4.73. The minimum absolute atomic E-state index is 0.0756. The lowest BCUT2D eigenvalue weighted by Crippen LogP contribution is -2.17. The first-order chi connectivity index (χ1) is 8.54. The van der Waals surface area contributed by atoms with E-state index in [1.807, 2.05) is 22.6 Å². The third-order valence-corrected chi connectivity index (χ3v) is 2.68. The fourth-order valence-corrected chi connectivity index (χ4v) is 1.79. The Morgan fingerprint density at radius 1 is 1.61 bits per heavy atom. The van der Waals surface area contributed by atoms with Gasteiger partial charge in [0.15, 0.2) is 5.82 Å². The Labute approximate surface area is 117 Å². The summed E-state index contributed by atoms with van der Waals surface area (Å²) in [5.74, 6) is 0.544. The number of rotatable bonds is 3. The number of nitrogens with one attached hydrogen (secondary N) is 1. The van der Waals surface area contributed by atoms with Crippen LogP contribution in [0.2, 0.25) is 0 Å². The van der Waals surface area contributed by atoms with E-state index in [0.29, 0.717) is 15.2 Å². The Hall–Kier alpha value is -1.71. The molecule has 0 atom stereocenters. The van der Waals surface area contributed by atoms with Crippen molar-refractivity contribution in [3.63, 3.8) is 0 Å². The number of aromatic nitrogens is 4. The first-order valence-corrected chi connectivity index (χ1v) is 6.19. The smallest absolute Gasteiger partial charge is 0.231 e. The third-order valence-electron chi connectivity index (χ3n) is 2.16. The topological polar surface area (TPSA) is 98.7 Å². The highest BCUT2D eigenvalue weighted by molar-refractivity contribution is 14.1. The summed E-state index contributed by atoms with van der Waals surface area (Å²) < 4.78 is 2.30. The average Bonchev–Trinajstić information content (AvgIpc) is 2.69. The van der Waals surface area contributed by atoms with Gasteiger partial charge in [-0.3, -0.25) is 9.48 Å². The highest BCUT2D eigenvalue weighted by Crippen LogP contribution is 2.10. The van der Waals surface area contributed by atoms with Crippen molar-refractivity contribution in [2.45, 2.75) is 6.42 Å². The monoisotopic (exact) mass is 358 g/mol. The van der Waals surface area contributed by atoms with Gasteiger partial charge in [0, 0.05) is 19.3 Å². The van der Waals surface area contributed by atoms with Gasteiger partial charge < -0.3 is 11.1 Å². The molecule has 1 amide bonds. The lowest BCUT2D eigenvalue weighted by Gasteiger charge is -2.04. The molecule has 0 saturated carbocycles. The predicted molar refractivity (Wildman–Crippen MR) is 74.7 cm³/mol. The number of nitrogens with two attached hydrogens (primary N) is 1. The Morgan fingerprint density at radius 2 is 2.39 bits per heavy atom. The molecule has 0 aromatic carbocycles. The molecule has 0 spiro atoms. The summed E-state index contributed by atoms with van der Waals surface area (Å²) in [6.07, 6.45) is 3.37. The number of anilines is 2. The maximum Gasteiger partial charge on any atom is 0.231 e. The maximum absolute atomic E-state index is 11.8. The largest absolute Gasteiger partial charge is 0.382 e. The van der Waals surface area contributed by atoms with E-state index >= 15 is 0 Å². The fourth-order valence-electron chi connectivity index (χ4n) is 1.36. The van der Waals surface area contributed by atoms with Crippen molar-refractivity contribution in [2.24, 2.45) is 7.05 Å². The summed E-state index contributed by atoms with van der Waals surface area (Å²) in [6.45, 7) is 0. The summed E-state index contributed by atoms with van der Waals surface area (Å²) in [5.41, 5.74) is 6.13. The van der Waals surface area contributed by atoms with Crippen LogP contribution in [-0.4, -0.2) is 25.7 Å². The standard InChI is InChI=1S/C10H11IN6O/c1-17-3-2-8(16-17)15-9(18)4-6-10(12)13-5-7(11)14-6/h2-3,5H,4H2,1H3,(H2,12,13)(H,15,16,18). The van der Waals surface area contributed by atoms with Crippen molar-refractivity contribution in [1.29, 1.82) is 0 Å². The van der Waals surface area contributed by atoms with Crippen LogP contribution in [0.25, 0.3) is 0 Å². The van der Waals surface area contributed by atoms with Crippen molar-refractivity contribution < 1.29 is 4.79 Å². The third kappa shape index (κ3) is 3.15. The molecular formula is C10H11IN6O. The van der Waals surface area contributed by atoms with Crippen molar-refractivity contribution in [1.82, 2.24) is 19.7 Å². The average molecular weight is 358 g/mol. The molecule has 0 saturated heterocycles. The molecule has 0 aliphatic heterocycles. The number of nitrogen functional groups attached to an aromatic ring is 1. The van der Waals surface area contributed by atoms with Crippen molar-refractivity contribution in [3.8, 4) is 0 Å². The molecule has 2 aromatic heterocycles. The molecule has 7 nitrogen and oxygen atoms in total. The lowest BCUT2D eigenvalue weighted by atomic mass is 10.3. The van der Waals surface area contributed by atoms with Crippen LogP contribution in [0.5, 0.6) is 0 Å². The van der Waals surface area contributed by atoms with Gasteiger partial charge in [-0.25, -0.2) is 9.97 Å². The minimum Gasteiger partial charge on any atom is -0.382 e. The van der Waals surface area contributed by atoms with E-state index in [0.717, 1.165) is 0 Å². The van der Waals surface area contributed by atoms with Gasteiger partial charge in [-0.05, 0) is 22.6 Å².